The van der Waals surface area contributed by atoms with E-state index in [1.54, 1.807) is 0 Å². The lowest BCUT2D eigenvalue weighted by molar-refractivity contribution is 0.312. The highest BCUT2D eigenvalue weighted by atomic mass is 79.9. The van der Waals surface area contributed by atoms with Gasteiger partial charge in [-0.2, -0.15) is 0 Å². The molecule has 1 N–H and O–H groups in total. The van der Waals surface area contributed by atoms with Crippen molar-refractivity contribution in [2.45, 2.75) is 32.9 Å². The Labute approximate surface area is 119 Å². The first-order valence-electron chi connectivity index (χ1n) is 6.85. The quantitative estimate of drug-likeness (QED) is 0.830. The molecular weight excluding hydrogens is 288 g/mol. The highest BCUT2D eigenvalue weighted by Gasteiger charge is 2.22. The summed E-state index contributed by atoms with van der Waals surface area (Å²) in [6.45, 7) is 6.39. The standard InChI is InChI=1S/C15H23BrN2/c1-3-17-9-13-6-7-14(15(16)8-13)11-18(2)10-12-4-5-12/h6-8,12,17H,3-5,9-11H2,1-2H3. The van der Waals surface area contributed by atoms with Crippen LogP contribution in [0.2, 0.25) is 0 Å². The van der Waals surface area contributed by atoms with E-state index in [1.165, 1.54) is 35.0 Å². The summed E-state index contributed by atoms with van der Waals surface area (Å²) >= 11 is 3.69. The Kier molecular flexibility index (Phi) is 5.22. The van der Waals surface area contributed by atoms with Gasteiger partial charge >= 0.3 is 0 Å². The first kappa shape index (κ1) is 14.0. The van der Waals surface area contributed by atoms with Gasteiger partial charge in [-0.05, 0) is 49.5 Å². The van der Waals surface area contributed by atoms with Crippen LogP contribution in [-0.4, -0.2) is 25.0 Å². The van der Waals surface area contributed by atoms with E-state index in [0.717, 1.165) is 25.6 Å². The van der Waals surface area contributed by atoms with Crippen LogP contribution < -0.4 is 5.32 Å². The van der Waals surface area contributed by atoms with Crippen molar-refractivity contribution >= 4 is 15.9 Å². The third-order valence-electron chi connectivity index (χ3n) is 3.40. The molecule has 0 heterocycles. The number of halogens is 1. The van der Waals surface area contributed by atoms with Crippen LogP contribution in [0.15, 0.2) is 22.7 Å². The predicted molar refractivity (Wildman–Crippen MR) is 80.6 cm³/mol. The topological polar surface area (TPSA) is 15.3 Å². The van der Waals surface area contributed by atoms with Crippen molar-refractivity contribution in [3.63, 3.8) is 0 Å². The highest BCUT2D eigenvalue weighted by Crippen LogP contribution is 2.30. The van der Waals surface area contributed by atoms with Gasteiger partial charge < -0.3 is 10.2 Å². The number of nitrogens with zero attached hydrogens (tertiary/aromatic N) is 1. The molecule has 0 radical (unpaired) electrons. The van der Waals surface area contributed by atoms with E-state index in [-0.39, 0.29) is 0 Å². The van der Waals surface area contributed by atoms with Gasteiger partial charge in [0, 0.05) is 24.1 Å². The average molecular weight is 311 g/mol. The molecule has 2 nitrogen and oxygen atoms in total. The second-order valence-corrected chi connectivity index (χ2v) is 6.20. The third kappa shape index (κ3) is 4.38. The van der Waals surface area contributed by atoms with Crippen molar-refractivity contribution in [3.05, 3.63) is 33.8 Å². The highest BCUT2D eigenvalue weighted by molar-refractivity contribution is 9.10. The van der Waals surface area contributed by atoms with Gasteiger partial charge in [-0.25, -0.2) is 0 Å². The molecule has 0 aliphatic heterocycles. The molecule has 0 unspecified atom stereocenters. The van der Waals surface area contributed by atoms with Crippen LogP contribution in [0.4, 0.5) is 0 Å². The largest absolute Gasteiger partial charge is 0.313 e. The second kappa shape index (κ2) is 6.69. The lowest BCUT2D eigenvalue weighted by Crippen LogP contribution is -2.20. The molecule has 0 saturated heterocycles. The summed E-state index contributed by atoms with van der Waals surface area (Å²) < 4.78 is 1.24. The molecule has 18 heavy (non-hydrogen) atoms. The molecule has 0 aromatic heterocycles. The van der Waals surface area contributed by atoms with E-state index < -0.39 is 0 Å². The summed E-state index contributed by atoms with van der Waals surface area (Å²) in [6, 6.07) is 6.72. The number of rotatable bonds is 7. The molecule has 3 heteroatoms. The van der Waals surface area contributed by atoms with Crippen molar-refractivity contribution < 1.29 is 0 Å². The maximum atomic E-state index is 3.69. The summed E-state index contributed by atoms with van der Waals surface area (Å²) in [7, 11) is 2.22. The Morgan fingerprint density at radius 3 is 2.78 bits per heavy atom. The van der Waals surface area contributed by atoms with Gasteiger partial charge in [-0.1, -0.05) is 35.0 Å². The monoisotopic (exact) mass is 310 g/mol. The van der Waals surface area contributed by atoms with Crippen LogP contribution in [-0.2, 0) is 13.1 Å². The van der Waals surface area contributed by atoms with Crippen LogP contribution in [0.25, 0.3) is 0 Å². The first-order valence-corrected chi connectivity index (χ1v) is 7.65. The number of nitrogens with one attached hydrogen (secondary N) is 1. The Hall–Kier alpha value is -0.380. The zero-order valence-corrected chi connectivity index (χ0v) is 13.0. The Morgan fingerprint density at radius 2 is 2.17 bits per heavy atom. The van der Waals surface area contributed by atoms with Crippen LogP contribution in [0.3, 0.4) is 0 Å². The lowest BCUT2D eigenvalue weighted by atomic mass is 10.1. The molecule has 1 aliphatic rings. The molecule has 0 bridgehead atoms. The molecule has 1 aliphatic carbocycles. The van der Waals surface area contributed by atoms with Crippen molar-refractivity contribution in [1.82, 2.24) is 10.2 Å². The fraction of sp³-hybridized carbons (Fsp3) is 0.600. The van der Waals surface area contributed by atoms with E-state index in [4.69, 9.17) is 0 Å². The molecule has 1 saturated carbocycles. The molecule has 0 amide bonds. The summed E-state index contributed by atoms with van der Waals surface area (Å²) in [4.78, 5) is 2.43. The zero-order valence-electron chi connectivity index (χ0n) is 11.4. The normalized spacial score (nSPS) is 15.3. The van der Waals surface area contributed by atoms with Gasteiger partial charge in [-0.15, -0.1) is 0 Å². The molecule has 100 valence electrons. The molecular formula is C15H23BrN2. The molecule has 1 aromatic carbocycles. The van der Waals surface area contributed by atoms with E-state index >= 15 is 0 Å². The Balaban J connectivity index is 1.91. The number of benzene rings is 1. The summed E-state index contributed by atoms with van der Waals surface area (Å²) in [5.74, 6) is 0.960. The Morgan fingerprint density at radius 1 is 1.39 bits per heavy atom. The van der Waals surface area contributed by atoms with Crippen molar-refractivity contribution in [3.8, 4) is 0 Å². The molecule has 1 aromatic rings. The van der Waals surface area contributed by atoms with Crippen LogP contribution in [0, 0.1) is 5.92 Å². The van der Waals surface area contributed by atoms with Gasteiger partial charge in [0.05, 0.1) is 0 Å². The number of hydrogen-bond donors (Lipinski definition) is 1. The summed E-state index contributed by atoms with van der Waals surface area (Å²) in [6.07, 6.45) is 2.85. The fourth-order valence-corrected chi connectivity index (χ4v) is 2.75. The van der Waals surface area contributed by atoms with Crippen molar-refractivity contribution in [2.24, 2.45) is 5.92 Å². The van der Waals surface area contributed by atoms with Gasteiger partial charge in [0.1, 0.15) is 0 Å². The van der Waals surface area contributed by atoms with Crippen molar-refractivity contribution in [1.29, 1.82) is 0 Å². The minimum atomic E-state index is 0.952. The van der Waals surface area contributed by atoms with Gasteiger partial charge in [0.25, 0.3) is 0 Å². The van der Waals surface area contributed by atoms with Gasteiger partial charge in [-0.3, -0.25) is 0 Å². The minimum Gasteiger partial charge on any atom is -0.313 e. The van der Waals surface area contributed by atoms with Crippen molar-refractivity contribution in [2.75, 3.05) is 20.1 Å². The molecule has 1 fully saturated rings. The number of hydrogen-bond acceptors (Lipinski definition) is 2. The summed E-state index contributed by atoms with van der Waals surface area (Å²) in [5.41, 5.74) is 2.73. The van der Waals surface area contributed by atoms with E-state index in [0.29, 0.717) is 0 Å². The second-order valence-electron chi connectivity index (χ2n) is 5.35. The summed E-state index contributed by atoms with van der Waals surface area (Å²) in [5, 5.41) is 3.36. The molecule has 0 atom stereocenters. The van der Waals surface area contributed by atoms with E-state index in [1.807, 2.05) is 0 Å². The SMILES string of the molecule is CCNCc1ccc(CN(C)CC2CC2)c(Br)c1. The van der Waals surface area contributed by atoms with Crippen LogP contribution in [0.5, 0.6) is 0 Å². The zero-order chi connectivity index (χ0) is 13.0. The predicted octanol–water partition coefficient (Wildman–Crippen LogP) is 3.40. The molecule has 0 spiro atoms. The van der Waals surface area contributed by atoms with Crippen LogP contribution in [0.1, 0.15) is 30.9 Å². The van der Waals surface area contributed by atoms with E-state index in [9.17, 15) is 0 Å². The Bertz CT molecular complexity index is 388. The van der Waals surface area contributed by atoms with E-state index in [2.05, 4.69) is 58.3 Å². The molecule has 2 rings (SSSR count). The smallest absolute Gasteiger partial charge is 0.0242 e. The maximum absolute atomic E-state index is 3.69. The third-order valence-corrected chi connectivity index (χ3v) is 4.14. The van der Waals surface area contributed by atoms with Crippen LogP contribution >= 0.6 is 15.9 Å². The average Bonchev–Trinajstić information content (AvgIpc) is 3.13. The maximum Gasteiger partial charge on any atom is 0.0242 e. The minimum absolute atomic E-state index is 0.952. The van der Waals surface area contributed by atoms with Gasteiger partial charge in [0.2, 0.25) is 0 Å². The van der Waals surface area contributed by atoms with Gasteiger partial charge in [0.15, 0.2) is 0 Å². The first-order chi connectivity index (χ1) is 8.69. The fourth-order valence-electron chi connectivity index (χ4n) is 2.19. The lowest BCUT2D eigenvalue weighted by Gasteiger charge is -2.17.